The first-order valence-corrected chi connectivity index (χ1v) is 7.68. The van der Waals surface area contributed by atoms with Gasteiger partial charge in [0.05, 0.1) is 0 Å². The van der Waals surface area contributed by atoms with Gasteiger partial charge in [0, 0.05) is 13.1 Å². The summed E-state index contributed by atoms with van der Waals surface area (Å²) in [5.74, 6) is 0.863. The molecule has 0 spiro atoms. The maximum absolute atomic E-state index is 3.44. The molecule has 2 heteroatoms. The molecule has 1 saturated heterocycles. The van der Waals surface area contributed by atoms with Crippen LogP contribution in [0.1, 0.15) is 18.4 Å². The lowest BCUT2D eigenvalue weighted by Crippen LogP contribution is -2.34. The standard InChI is InChI=1S/C18H24N2/c1-20(13-15-8-10-19-11-9-15)14-16-6-7-17-4-2-3-5-18(17)12-16/h2-7,12,15,19H,8-11,13-14H2,1H3. The van der Waals surface area contributed by atoms with Crippen LogP contribution in [0, 0.1) is 5.92 Å². The first-order valence-electron chi connectivity index (χ1n) is 7.68. The average Bonchev–Trinajstić information content (AvgIpc) is 2.48. The molecule has 1 fully saturated rings. The third-order valence-corrected chi connectivity index (χ3v) is 4.29. The summed E-state index contributed by atoms with van der Waals surface area (Å²) in [6.07, 6.45) is 2.64. The van der Waals surface area contributed by atoms with E-state index < -0.39 is 0 Å². The summed E-state index contributed by atoms with van der Waals surface area (Å²) in [6, 6.07) is 15.4. The number of hydrogen-bond donors (Lipinski definition) is 1. The number of benzene rings is 2. The zero-order chi connectivity index (χ0) is 13.8. The van der Waals surface area contributed by atoms with Gasteiger partial charge in [-0.1, -0.05) is 36.4 Å². The first-order chi connectivity index (χ1) is 9.81. The Morgan fingerprint density at radius 3 is 2.60 bits per heavy atom. The number of hydrogen-bond acceptors (Lipinski definition) is 2. The molecule has 2 aromatic carbocycles. The van der Waals surface area contributed by atoms with Crippen LogP contribution in [0.25, 0.3) is 10.8 Å². The van der Waals surface area contributed by atoms with Crippen molar-refractivity contribution < 1.29 is 0 Å². The van der Waals surface area contributed by atoms with Crippen molar-refractivity contribution in [3.8, 4) is 0 Å². The van der Waals surface area contributed by atoms with Crippen LogP contribution in [-0.2, 0) is 6.54 Å². The third-order valence-electron chi connectivity index (χ3n) is 4.29. The third kappa shape index (κ3) is 3.38. The van der Waals surface area contributed by atoms with E-state index in [0.717, 1.165) is 12.5 Å². The molecule has 0 bridgehead atoms. The molecule has 0 unspecified atom stereocenters. The molecule has 0 saturated carbocycles. The molecular weight excluding hydrogens is 244 g/mol. The van der Waals surface area contributed by atoms with E-state index in [1.165, 1.54) is 48.8 Å². The van der Waals surface area contributed by atoms with Gasteiger partial charge in [0.25, 0.3) is 0 Å². The molecule has 1 heterocycles. The van der Waals surface area contributed by atoms with E-state index in [-0.39, 0.29) is 0 Å². The van der Waals surface area contributed by atoms with E-state index in [4.69, 9.17) is 0 Å². The van der Waals surface area contributed by atoms with Crippen LogP contribution < -0.4 is 5.32 Å². The van der Waals surface area contributed by atoms with Crippen molar-refractivity contribution in [2.45, 2.75) is 19.4 Å². The summed E-state index contributed by atoms with van der Waals surface area (Å²) in [4.78, 5) is 2.47. The number of nitrogens with zero attached hydrogens (tertiary/aromatic N) is 1. The van der Waals surface area contributed by atoms with E-state index in [0.29, 0.717) is 0 Å². The van der Waals surface area contributed by atoms with Crippen molar-refractivity contribution in [1.82, 2.24) is 10.2 Å². The van der Waals surface area contributed by atoms with E-state index in [1.807, 2.05) is 0 Å². The van der Waals surface area contributed by atoms with Crippen molar-refractivity contribution in [2.75, 3.05) is 26.7 Å². The summed E-state index contributed by atoms with van der Waals surface area (Å²) in [6.45, 7) is 4.65. The highest BCUT2D eigenvalue weighted by Crippen LogP contribution is 2.18. The van der Waals surface area contributed by atoms with E-state index in [1.54, 1.807) is 0 Å². The van der Waals surface area contributed by atoms with Gasteiger partial charge in [-0.05, 0) is 61.3 Å². The first kappa shape index (κ1) is 13.6. The van der Waals surface area contributed by atoms with Gasteiger partial charge in [-0.2, -0.15) is 0 Å². The maximum atomic E-state index is 3.44. The van der Waals surface area contributed by atoms with Gasteiger partial charge in [0.1, 0.15) is 0 Å². The summed E-state index contributed by atoms with van der Waals surface area (Å²) in [7, 11) is 2.25. The van der Waals surface area contributed by atoms with Crippen LogP contribution in [0.5, 0.6) is 0 Å². The summed E-state index contributed by atoms with van der Waals surface area (Å²) in [5, 5.41) is 6.12. The molecular formula is C18H24N2. The van der Waals surface area contributed by atoms with Gasteiger partial charge < -0.3 is 10.2 Å². The van der Waals surface area contributed by atoms with Gasteiger partial charge in [0.15, 0.2) is 0 Å². The molecule has 2 nitrogen and oxygen atoms in total. The Morgan fingerprint density at radius 2 is 1.80 bits per heavy atom. The van der Waals surface area contributed by atoms with Crippen LogP contribution >= 0.6 is 0 Å². The zero-order valence-electron chi connectivity index (χ0n) is 12.3. The smallest absolute Gasteiger partial charge is 0.0231 e. The predicted octanol–water partition coefficient (Wildman–Crippen LogP) is 3.27. The Morgan fingerprint density at radius 1 is 1.05 bits per heavy atom. The highest BCUT2D eigenvalue weighted by Gasteiger charge is 2.15. The molecule has 0 atom stereocenters. The minimum Gasteiger partial charge on any atom is -0.317 e. The van der Waals surface area contributed by atoms with Crippen LogP contribution in [0.2, 0.25) is 0 Å². The van der Waals surface area contributed by atoms with Crippen LogP contribution in [-0.4, -0.2) is 31.6 Å². The van der Waals surface area contributed by atoms with E-state index in [9.17, 15) is 0 Å². The van der Waals surface area contributed by atoms with Gasteiger partial charge in [0.2, 0.25) is 0 Å². The molecule has 0 radical (unpaired) electrons. The second-order valence-corrected chi connectivity index (χ2v) is 6.07. The molecule has 1 aliphatic heterocycles. The van der Waals surface area contributed by atoms with Crippen LogP contribution in [0.3, 0.4) is 0 Å². The van der Waals surface area contributed by atoms with Gasteiger partial charge >= 0.3 is 0 Å². The quantitative estimate of drug-likeness (QED) is 0.915. The van der Waals surface area contributed by atoms with Crippen LogP contribution in [0.15, 0.2) is 42.5 Å². The lowest BCUT2D eigenvalue weighted by molar-refractivity contribution is 0.234. The van der Waals surface area contributed by atoms with Crippen molar-refractivity contribution in [2.24, 2.45) is 5.92 Å². The van der Waals surface area contributed by atoms with Gasteiger partial charge in [-0.3, -0.25) is 0 Å². The maximum Gasteiger partial charge on any atom is 0.0231 e. The molecule has 106 valence electrons. The minimum absolute atomic E-state index is 0.863. The molecule has 2 aromatic rings. The molecule has 20 heavy (non-hydrogen) atoms. The fourth-order valence-corrected chi connectivity index (χ4v) is 3.22. The SMILES string of the molecule is CN(Cc1ccc2ccccc2c1)CC1CCNCC1. The minimum atomic E-state index is 0.863. The highest BCUT2D eigenvalue weighted by atomic mass is 15.1. The predicted molar refractivity (Wildman–Crippen MR) is 85.9 cm³/mol. The molecule has 1 aliphatic rings. The Hall–Kier alpha value is -1.38. The van der Waals surface area contributed by atoms with Crippen molar-refractivity contribution >= 4 is 10.8 Å². The van der Waals surface area contributed by atoms with Crippen molar-refractivity contribution in [1.29, 1.82) is 0 Å². The van der Waals surface area contributed by atoms with Crippen molar-refractivity contribution in [3.05, 3.63) is 48.0 Å². The second kappa shape index (κ2) is 6.38. The number of fused-ring (bicyclic) bond motifs is 1. The molecule has 0 aliphatic carbocycles. The molecule has 3 rings (SSSR count). The fraction of sp³-hybridized carbons (Fsp3) is 0.444. The number of piperidine rings is 1. The summed E-state index contributed by atoms with van der Waals surface area (Å²) >= 11 is 0. The monoisotopic (exact) mass is 268 g/mol. The fourth-order valence-electron chi connectivity index (χ4n) is 3.22. The topological polar surface area (TPSA) is 15.3 Å². The Bertz CT molecular complexity index is 558. The number of rotatable bonds is 4. The zero-order valence-corrected chi connectivity index (χ0v) is 12.3. The van der Waals surface area contributed by atoms with E-state index >= 15 is 0 Å². The van der Waals surface area contributed by atoms with Gasteiger partial charge in [-0.15, -0.1) is 0 Å². The van der Waals surface area contributed by atoms with E-state index in [2.05, 4.69) is 59.7 Å². The van der Waals surface area contributed by atoms with Crippen molar-refractivity contribution in [3.63, 3.8) is 0 Å². The lowest BCUT2D eigenvalue weighted by atomic mass is 9.97. The average molecular weight is 268 g/mol. The van der Waals surface area contributed by atoms with Crippen LogP contribution in [0.4, 0.5) is 0 Å². The number of nitrogens with one attached hydrogen (secondary N) is 1. The highest BCUT2D eigenvalue weighted by molar-refractivity contribution is 5.82. The summed E-state index contributed by atoms with van der Waals surface area (Å²) in [5.41, 5.74) is 1.42. The summed E-state index contributed by atoms with van der Waals surface area (Å²) < 4.78 is 0. The van der Waals surface area contributed by atoms with Gasteiger partial charge in [-0.25, -0.2) is 0 Å². The second-order valence-electron chi connectivity index (χ2n) is 6.07. The largest absolute Gasteiger partial charge is 0.317 e. The molecule has 1 N–H and O–H groups in total. The molecule has 0 amide bonds. The molecule has 0 aromatic heterocycles. The Balaban J connectivity index is 1.62. The lowest BCUT2D eigenvalue weighted by Gasteiger charge is -2.27. The normalized spacial score (nSPS) is 16.9. The Labute approximate surface area is 121 Å². The Kier molecular flexibility index (Phi) is 4.34.